The molecule has 10 nitrogen and oxygen atoms in total. The number of benzene rings is 1. The van der Waals surface area contributed by atoms with Gasteiger partial charge in [-0.1, -0.05) is 13.8 Å². The standard InChI is InChI=1S/C25H29N5O5/c1-4-35-17-9-7-16(8-10-17)27-20(31)12-26-23(32)18-11-19(15-5-6-15)28-22-21(18)24(33)29-25(34)30(22)13-14(2)3/h7-11,14-15H,4-6,12-13H2,1-3H3,(H,26,32)(H,27,31)(H,29,33,34). The molecule has 2 aromatic heterocycles. The Labute approximate surface area is 201 Å². The van der Waals surface area contributed by atoms with E-state index >= 15 is 0 Å². The molecule has 184 valence electrons. The second-order valence-electron chi connectivity index (χ2n) is 9.02. The van der Waals surface area contributed by atoms with Gasteiger partial charge in [-0.3, -0.25) is 23.9 Å². The van der Waals surface area contributed by atoms with Crippen LogP contribution in [0.5, 0.6) is 5.75 Å². The number of aromatic nitrogens is 3. The summed E-state index contributed by atoms with van der Waals surface area (Å²) < 4.78 is 6.79. The molecule has 1 fully saturated rings. The van der Waals surface area contributed by atoms with Gasteiger partial charge in [0.05, 0.1) is 24.1 Å². The lowest BCUT2D eigenvalue weighted by Gasteiger charge is -2.15. The van der Waals surface area contributed by atoms with Gasteiger partial charge in [0.15, 0.2) is 5.65 Å². The Kier molecular flexibility index (Phi) is 6.99. The van der Waals surface area contributed by atoms with E-state index in [0.717, 1.165) is 12.8 Å². The zero-order valence-electron chi connectivity index (χ0n) is 20.0. The van der Waals surface area contributed by atoms with Gasteiger partial charge in [-0.2, -0.15) is 0 Å². The molecule has 4 rings (SSSR count). The number of carbonyl (C=O) groups is 2. The molecule has 1 saturated carbocycles. The predicted molar refractivity (Wildman–Crippen MR) is 132 cm³/mol. The molecule has 3 N–H and O–H groups in total. The van der Waals surface area contributed by atoms with Crippen LogP contribution in [0.15, 0.2) is 39.9 Å². The van der Waals surface area contributed by atoms with Gasteiger partial charge in [0, 0.05) is 23.8 Å². The van der Waals surface area contributed by atoms with Gasteiger partial charge in [0.1, 0.15) is 5.75 Å². The molecular formula is C25H29N5O5. The molecule has 10 heteroatoms. The SMILES string of the molecule is CCOc1ccc(NC(=O)CNC(=O)c2cc(C3CC3)nc3c2c(=O)[nH]c(=O)n3CC(C)C)cc1. The third-order valence-electron chi connectivity index (χ3n) is 5.62. The fraction of sp³-hybridized carbons (Fsp3) is 0.400. The molecule has 1 aliphatic carbocycles. The maximum absolute atomic E-state index is 13.1. The molecule has 1 aliphatic rings. The van der Waals surface area contributed by atoms with E-state index in [2.05, 4.69) is 20.6 Å². The van der Waals surface area contributed by atoms with Gasteiger partial charge in [-0.25, -0.2) is 9.78 Å². The highest BCUT2D eigenvalue weighted by Gasteiger charge is 2.29. The third kappa shape index (κ3) is 5.59. The predicted octanol–water partition coefficient (Wildman–Crippen LogP) is 2.39. The van der Waals surface area contributed by atoms with E-state index < -0.39 is 23.1 Å². The van der Waals surface area contributed by atoms with Gasteiger partial charge in [0.25, 0.3) is 11.5 Å². The van der Waals surface area contributed by atoms with Gasteiger partial charge in [-0.15, -0.1) is 0 Å². The number of nitrogens with one attached hydrogen (secondary N) is 3. The molecule has 0 unspecified atom stereocenters. The number of aromatic amines is 1. The van der Waals surface area contributed by atoms with Crippen molar-refractivity contribution in [2.24, 2.45) is 5.92 Å². The number of nitrogens with zero attached hydrogens (tertiary/aromatic N) is 2. The second kappa shape index (κ2) is 10.1. The van der Waals surface area contributed by atoms with E-state index in [1.54, 1.807) is 30.3 Å². The van der Waals surface area contributed by atoms with Crippen molar-refractivity contribution in [1.29, 1.82) is 0 Å². The Bertz CT molecular complexity index is 1370. The van der Waals surface area contributed by atoms with Crippen LogP contribution in [0.2, 0.25) is 0 Å². The number of hydrogen-bond acceptors (Lipinski definition) is 6. The first-order chi connectivity index (χ1) is 16.8. The molecule has 2 amide bonds. The summed E-state index contributed by atoms with van der Waals surface area (Å²) in [6.07, 6.45) is 1.86. The number of rotatable bonds is 9. The number of anilines is 1. The normalized spacial score (nSPS) is 13.1. The topological polar surface area (TPSA) is 135 Å². The number of amides is 2. The Morgan fingerprint density at radius 1 is 1.20 bits per heavy atom. The summed E-state index contributed by atoms with van der Waals surface area (Å²) in [6.45, 7) is 6.38. The highest BCUT2D eigenvalue weighted by atomic mass is 16.5. The number of fused-ring (bicyclic) bond motifs is 1. The Morgan fingerprint density at radius 3 is 2.54 bits per heavy atom. The number of H-pyrrole nitrogens is 1. The monoisotopic (exact) mass is 479 g/mol. The molecule has 1 aromatic carbocycles. The van der Waals surface area contributed by atoms with Crippen molar-refractivity contribution in [2.75, 3.05) is 18.5 Å². The van der Waals surface area contributed by atoms with Crippen LogP contribution in [0.25, 0.3) is 11.0 Å². The fourth-order valence-corrected chi connectivity index (χ4v) is 3.86. The van der Waals surface area contributed by atoms with Crippen molar-refractivity contribution in [2.45, 2.75) is 46.1 Å². The molecule has 0 spiro atoms. The molecule has 0 atom stereocenters. The summed E-state index contributed by atoms with van der Waals surface area (Å²) in [6, 6.07) is 8.48. The minimum atomic E-state index is -0.677. The average Bonchev–Trinajstić information content (AvgIpc) is 3.66. The van der Waals surface area contributed by atoms with E-state index in [1.807, 2.05) is 20.8 Å². The number of hydrogen-bond donors (Lipinski definition) is 3. The molecule has 0 bridgehead atoms. The number of ether oxygens (including phenoxy) is 1. The van der Waals surface area contributed by atoms with Crippen molar-refractivity contribution in [3.05, 3.63) is 62.4 Å². The number of carbonyl (C=O) groups excluding carboxylic acids is 2. The Morgan fingerprint density at radius 2 is 1.91 bits per heavy atom. The van der Waals surface area contributed by atoms with E-state index in [4.69, 9.17) is 4.74 Å². The maximum Gasteiger partial charge on any atom is 0.330 e. The van der Waals surface area contributed by atoms with Gasteiger partial charge >= 0.3 is 5.69 Å². The van der Waals surface area contributed by atoms with E-state index in [1.165, 1.54) is 4.57 Å². The third-order valence-corrected chi connectivity index (χ3v) is 5.62. The van der Waals surface area contributed by atoms with Crippen LogP contribution in [-0.4, -0.2) is 39.5 Å². The highest BCUT2D eigenvalue weighted by Crippen LogP contribution is 2.39. The summed E-state index contributed by atoms with van der Waals surface area (Å²) in [5.74, 6) is -0.00106. The zero-order chi connectivity index (χ0) is 25.1. The molecule has 0 aliphatic heterocycles. The maximum atomic E-state index is 13.1. The molecule has 2 heterocycles. The molecule has 0 radical (unpaired) electrons. The molecule has 35 heavy (non-hydrogen) atoms. The zero-order valence-corrected chi connectivity index (χ0v) is 20.0. The van der Waals surface area contributed by atoms with Gasteiger partial charge < -0.3 is 15.4 Å². The van der Waals surface area contributed by atoms with Crippen molar-refractivity contribution < 1.29 is 14.3 Å². The summed E-state index contributed by atoms with van der Waals surface area (Å²) >= 11 is 0. The largest absolute Gasteiger partial charge is 0.494 e. The first-order valence-electron chi connectivity index (χ1n) is 11.8. The van der Waals surface area contributed by atoms with Crippen LogP contribution in [0.3, 0.4) is 0 Å². The summed E-state index contributed by atoms with van der Waals surface area (Å²) in [7, 11) is 0. The first kappa shape index (κ1) is 24.2. The lowest BCUT2D eigenvalue weighted by molar-refractivity contribution is -0.115. The van der Waals surface area contributed by atoms with Crippen LogP contribution in [0, 0.1) is 5.92 Å². The van der Waals surface area contributed by atoms with Gasteiger partial charge in [0.2, 0.25) is 5.91 Å². The van der Waals surface area contributed by atoms with E-state index in [0.29, 0.717) is 30.3 Å². The highest BCUT2D eigenvalue weighted by molar-refractivity contribution is 6.07. The van der Waals surface area contributed by atoms with Crippen LogP contribution in [0.1, 0.15) is 55.6 Å². The van der Waals surface area contributed by atoms with Gasteiger partial charge in [-0.05, 0) is 56.0 Å². The van der Waals surface area contributed by atoms with Crippen molar-refractivity contribution in [3.63, 3.8) is 0 Å². The number of pyridine rings is 1. The first-order valence-corrected chi connectivity index (χ1v) is 11.8. The molecular weight excluding hydrogens is 450 g/mol. The van der Waals surface area contributed by atoms with Crippen LogP contribution >= 0.6 is 0 Å². The van der Waals surface area contributed by atoms with Crippen LogP contribution in [0.4, 0.5) is 5.69 Å². The summed E-state index contributed by atoms with van der Waals surface area (Å²) in [4.78, 5) is 57.7. The van der Waals surface area contributed by atoms with Crippen molar-refractivity contribution in [1.82, 2.24) is 19.9 Å². The summed E-state index contributed by atoms with van der Waals surface area (Å²) in [5.41, 5.74) is 0.295. The molecule has 3 aromatic rings. The minimum Gasteiger partial charge on any atom is -0.494 e. The quantitative estimate of drug-likeness (QED) is 0.431. The lowest BCUT2D eigenvalue weighted by Crippen LogP contribution is -2.36. The van der Waals surface area contributed by atoms with E-state index in [9.17, 15) is 19.2 Å². The second-order valence-corrected chi connectivity index (χ2v) is 9.02. The minimum absolute atomic E-state index is 0.0408. The smallest absolute Gasteiger partial charge is 0.330 e. The fourth-order valence-electron chi connectivity index (χ4n) is 3.86. The Hall–Kier alpha value is -3.95. The Balaban J connectivity index is 1.58. The summed E-state index contributed by atoms with van der Waals surface area (Å²) in [5, 5.41) is 5.34. The van der Waals surface area contributed by atoms with Crippen LogP contribution in [-0.2, 0) is 11.3 Å². The van der Waals surface area contributed by atoms with Crippen molar-refractivity contribution in [3.8, 4) is 5.75 Å². The van der Waals surface area contributed by atoms with Crippen LogP contribution < -0.4 is 26.6 Å². The lowest BCUT2D eigenvalue weighted by atomic mass is 10.1. The van der Waals surface area contributed by atoms with E-state index in [-0.39, 0.29) is 35.0 Å². The average molecular weight is 480 g/mol. The molecule has 0 saturated heterocycles. The van der Waals surface area contributed by atoms with Crippen molar-refractivity contribution >= 4 is 28.5 Å².